The number of hydrogen-bond acceptors (Lipinski definition) is 1. The molecule has 2 aromatic carbocycles. The maximum Gasteiger partial charge on any atom is 0.170 e. The van der Waals surface area contributed by atoms with Gasteiger partial charge in [0, 0.05) is 11.6 Å². The molecule has 0 aliphatic carbocycles. The van der Waals surface area contributed by atoms with E-state index < -0.39 is 0 Å². The van der Waals surface area contributed by atoms with Crippen molar-refractivity contribution in [3.8, 4) is 0 Å². The van der Waals surface area contributed by atoms with Crippen LogP contribution in [-0.4, -0.2) is 0 Å². The predicted octanol–water partition coefficient (Wildman–Crippen LogP) is 1.10. The largest absolute Gasteiger partial charge is 0.279 e. The number of halogens is 1. The quantitative estimate of drug-likeness (QED) is 0.684. The first-order valence-electron chi connectivity index (χ1n) is 5.76. The molecule has 0 unspecified atom stereocenters. The van der Waals surface area contributed by atoms with Crippen molar-refractivity contribution in [1.29, 1.82) is 0 Å². The Labute approximate surface area is 111 Å². The van der Waals surface area contributed by atoms with Gasteiger partial charge in [0.15, 0.2) is 5.70 Å². The molecule has 2 N–H and O–H groups in total. The molecule has 0 aromatic heterocycles. The molecular weight excluding hydrogens is 244 g/mol. The van der Waals surface area contributed by atoms with Gasteiger partial charge in [-0.3, -0.25) is 5.32 Å². The summed E-state index contributed by atoms with van der Waals surface area (Å²) in [7, 11) is 0. The third-order valence-electron chi connectivity index (χ3n) is 3.30. The second-order valence-corrected chi connectivity index (χ2v) is 4.35. The second kappa shape index (κ2) is 4.09. The summed E-state index contributed by atoms with van der Waals surface area (Å²) in [4.78, 5) is 4.67. The lowest BCUT2D eigenvalue weighted by Gasteiger charge is -2.11. The van der Waals surface area contributed by atoms with Gasteiger partial charge in [0.2, 0.25) is 0 Å². The van der Waals surface area contributed by atoms with Gasteiger partial charge in [-0.25, -0.2) is 4.99 Å². The van der Waals surface area contributed by atoms with Crippen molar-refractivity contribution in [1.82, 2.24) is 0 Å². The van der Waals surface area contributed by atoms with Gasteiger partial charge in [-0.2, -0.15) is 0 Å². The fourth-order valence-electron chi connectivity index (χ4n) is 2.47. The first-order chi connectivity index (χ1) is 8.42. The van der Waals surface area contributed by atoms with E-state index in [0.29, 0.717) is 0 Å². The molecule has 0 bridgehead atoms. The number of nitrogens with zero attached hydrogens (tertiary/aromatic N) is 1. The van der Waals surface area contributed by atoms with E-state index in [1.807, 2.05) is 6.07 Å². The molecule has 0 atom stereocenters. The number of quaternary nitrogens is 1. The molecule has 18 heavy (non-hydrogen) atoms. The summed E-state index contributed by atoms with van der Waals surface area (Å²) in [6, 6.07) is 16.7. The highest BCUT2D eigenvalue weighted by Crippen LogP contribution is 2.22. The van der Waals surface area contributed by atoms with Crippen LogP contribution in [0.2, 0.25) is 0 Å². The van der Waals surface area contributed by atoms with Gasteiger partial charge in [0.1, 0.15) is 11.4 Å². The van der Waals surface area contributed by atoms with Gasteiger partial charge >= 0.3 is 0 Å². The second-order valence-electron chi connectivity index (χ2n) is 4.35. The molecule has 2 aromatic rings. The third kappa shape index (κ3) is 1.50. The van der Waals surface area contributed by atoms with Gasteiger partial charge in [0.25, 0.3) is 0 Å². The van der Waals surface area contributed by atoms with Gasteiger partial charge in [-0.15, -0.1) is 12.4 Å². The summed E-state index contributed by atoms with van der Waals surface area (Å²) < 4.78 is 0. The van der Waals surface area contributed by atoms with Crippen molar-refractivity contribution in [2.24, 2.45) is 4.99 Å². The van der Waals surface area contributed by atoms with E-state index in [1.165, 1.54) is 22.2 Å². The molecule has 2 aliphatic heterocycles. The number of benzene rings is 2. The Bertz CT molecular complexity index is 775. The van der Waals surface area contributed by atoms with E-state index in [-0.39, 0.29) is 12.4 Å². The summed E-state index contributed by atoms with van der Waals surface area (Å²) in [6.07, 6.45) is 2.17. The standard InChI is InChI=1S/C15H10N2.ClH/c1-3-7-12-10(5-1)9-14-15(17-12)11-6-2-4-8-13(11)16-14;/h1-9,17H;1H/p+1. The Hall–Kier alpha value is -1.90. The van der Waals surface area contributed by atoms with Crippen LogP contribution in [0.25, 0.3) is 11.8 Å². The van der Waals surface area contributed by atoms with Crippen LogP contribution in [0.15, 0.2) is 59.2 Å². The SMILES string of the molecule is C1=C2N=c3ccccc3=C2[NH2+]c2ccccc21.Cl. The fourth-order valence-corrected chi connectivity index (χ4v) is 2.47. The minimum absolute atomic E-state index is 0. The molecule has 0 spiro atoms. The molecule has 2 nitrogen and oxygen atoms in total. The zero-order valence-electron chi connectivity index (χ0n) is 9.63. The molecule has 2 heterocycles. The summed E-state index contributed by atoms with van der Waals surface area (Å²) in [5.74, 6) is 0. The van der Waals surface area contributed by atoms with Gasteiger partial charge in [-0.1, -0.05) is 24.3 Å². The van der Waals surface area contributed by atoms with Crippen molar-refractivity contribution in [2.45, 2.75) is 0 Å². The van der Waals surface area contributed by atoms with Gasteiger partial charge in [-0.05, 0) is 24.3 Å². The van der Waals surface area contributed by atoms with Crippen LogP contribution < -0.4 is 15.9 Å². The summed E-state index contributed by atoms with van der Waals surface area (Å²) in [5, 5.41) is 4.56. The maximum absolute atomic E-state index is 4.67. The number of rotatable bonds is 0. The van der Waals surface area contributed by atoms with Crippen molar-refractivity contribution in [3.63, 3.8) is 0 Å². The Morgan fingerprint density at radius 2 is 1.67 bits per heavy atom. The van der Waals surface area contributed by atoms with Crippen molar-refractivity contribution in [2.75, 3.05) is 0 Å². The molecule has 0 saturated carbocycles. The van der Waals surface area contributed by atoms with Crippen LogP contribution in [0.5, 0.6) is 0 Å². The Morgan fingerprint density at radius 1 is 0.889 bits per heavy atom. The molecule has 0 fully saturated rings. The van der Waals surface area contributed by atoms with Crippen LogP contribution in [-0.2, 0) is 0 Å². The normalized spacial score (nSPS) is 14.7. The van der Waals surface area contributed by atoms with Crippen molar-refractivity contribution < 1.29 is 5.32 Å². The molecule has 0 amide bonds. The highest BCUT2D eigenvalue weighted by Gasteiger charge is 2.23. The average Bonchev–Trinajstić information content (AvgIpc) is 2.73. The van der Waals surface area contributed by atoms with Crippen molar-refractivity contribution >= 4 is 29.9 Å². The number of fused-ring (bicyclic) bond motifs is 3. The Morgan fingerprint density at radius 3 is 2.61 bits per heavy atom. The van der Waals surface area contributed by atoms with Crippen LogP contribution in [0, 0.1) is 0 Å². The Kier molecular flexibility index (Phi) is 2.54. The highest BCUT2D eigenvalue weighted by molar-refractivity contribution is 5.85. The molecule has 2 aliphatic rings. The molecule has 0 saturated heterocycles. The number of nitrogens with two attached hydrogens (primary N) is 1. The maximum atomic E-state index is 4.67. The molecule has 0 radical (unpaired) electrons. The molecular formula is C15H12ClN2+. The van der Waals surface area contributed by atoms with E-state index in [2.05, 4.69) is 58.8 Å². The van der Waals surface area contributed by atoms with Gasteiger partial charge < -0.3 is 0 Å². The fraction of sp³-hybridized carbons (Fsp3) is 0. The van der Waals surface area contributed by atoms with E-state index in [9.17, 15) is 0 Å². The highest BCUT2D eigenvalue weighted by atomic mass is 35.5. The lowest BCUT2D eigenvalue weighted by Crippen LogP contribution is -2.77. The summed E-state index contributed by atoms with van der Waals surface area (Å²) in [5.41, 5.74) is 4.87. The average molecular weight is 256 g/mol. The number of hydrogen-bond donors (Lipinski definition) is 1. The van der Waals surface area contributed by atoms with Crippen LogP contribution in [0.1, 0.15) is 5.56 Å². The van der Waals surface area contributed by atoms with E-state index in [1.54, 1.807) is 0 Å². The predicted molar refractivity (Wildman–Crippen MR) is 73.9 cm³/mol. The smallest absolute Gasteiger partial charge is 0.170 e. The minimum Gasteiger partial charge on any atom is -0.279 e. The third-order valence-corrected chi connectivity index (χ3v) is 3.30. The zero-order chi connectivity index (χ0) is 11.2. The van der Waals surface area contributed by atoms with Crippen molar-refractivity contribution in [3.05, 3.63) is 70.4 Å². The first kappa shape index (κ1) is 11.2. The lowest BCUT2D eigenvalue weighted by molar-refractivity contribution is -0.471. The monoisotopic (exact) mass is 255 g/mol. The van der Waals surface area contributed by atoms with Crippen LogP contribution >= 0.6 is 12.4 Å². The molecule has 88 valence electrons. The zero-order valence-corrected chi connectivity index (χ0v) is 10.4. The molecule has 4 rings (SSSR count). The molecule has 3 heteroatoms. The van der Waals surface area contributed by atoms with Crippen LogP contribution in [0.3, 0.4) is 0 Å². The first-order valence-corrected chi connectivity index (χ1v) is 5.76. The minimum atomic E-state index is 0. The summed E-state index contributed by atoms with van der Waals surface area (Å²) in [6.45, 7) is 0. The van der Waals surface area contributed by atoms with E-state index in [0.717, 1.165) is 11.1 Å². The lowest BCUT2D eigenvalue weighted by atomic mass is 10.1. The summed E-state index contributed by atoms with van der Waals surface area (Å²) >= 11 is 0. The van der Waals surface area contributed by atoms with E-state index in [4.69, 9.17) is 0 Å². The Balaban J connectivity index is 0.000001000. The van der Waals surface area contributed by atoms with Gasteiger partial charge in [0.05, 0.1) is 10.6 Å². The van der Waals surface area contributed by atoms with Crippen LogP contribution in [0.4, 0.5) is 5.69 Å². The number of para-hydroxylation sites is 2. The van der Waals surface area contributed by atoms with E-state index >= 15 is 0 Å². The topological polar surface area (TPSA) is 29.0 Å².